The summed E-state index contributed by atoms with van der Waals surface area (Å²) < 4.78 is 2.08. The number of rotatable bonds is 0. The van der Waals surface area contributed by atoms with Gasteiger partial charge in [0.05, 0.1) is 17.9 Å². The fourth-order valence-electron chi connectivity index (χ4n) is 2.47. The largest absolute Gasteiger partial charge is 0.309 e. The topological polar surface area (TPSA) is 42.7 Å². The van der Waals surface area contributed by atoms with Gasteiger partial charge in [-0.2, -0.15) is 0 Å². The van der Waals surface area contributed by atoms with E-state index in [1.54, 1.807) is 0 Å². The third-order valence-corrected chi connectivity index (χ3v) is 3.20. The maximum atomic E-state index is 4.16. The number of hydrogen-bond donors (Lipinski definition) is 1. The number of nitrogens with one attached hydrogen (secondary N) is 1. The molecule has 0 amide bonds. The summed E-state index contributed by atoms with van der Waals surface area (Å²) in [5.74, 6) is 0. The molecule has 4 nitrogen and oxygen atoms in total. The average Bonchev–Trinajstić information content (AvgIpc) is 2.58. The van der Waals surface area contributed by atoms with E-state index in [1.165, 1.54) is 18.5 Å². The van der Waals surface area contributed by atoms with Crippen LogP contribution in [0.3, 0.4) is 0 Å². The molecule has 1 aromatic rings. The van der Waals surface area contributed by atoms with E-state index in [2.05, 4.69) is 27.2 Å². The van der Waals surface area contributed by atoms with Gasteiger partial charge in [-0.25, -0.2) is 4.68 Å². The Morgan fingerprint density at radius 1 is 1.38 bits per heavy atom. The van der Waals surface area contributed by atoms with Gasteiger partial charge in [0.15, 0.2) is 0 Å². The van der Waals surface area contributed by atoms with Crippen LogP contribution in [0.5, 0.6) is 0 Å². The lowest BCUT2D eigenvalue weighted by Gasteiger charge is -2.08. The minimum atomic E-state index is 0.632. The molecule has 3 rings (SSSR count). The van der Waals surface area contributed by atoms with Gasteiger partial charge in [0.1, 0.15) is 0 Å². The maximum Gasteiger partial charge on any atom is 0.0828 e. The standard InChI is InChI=1S/C9H14N4/c1-6-9-4-7-2-3-8(10-7)5-13(9)12-11-6/h7-8,10H,2-5H2,1H3. The van der Waals surface area contributed by atoms with Crippen molar-refractivity contribution in [1.82, 2.24) is 20.3 Å². The Bertz CT molecular complexity index is 330. The molecule has 0 aliphatic carbocycles. The lowest BCUT2D eigenvalue weighted by molar-refractivity contribution is 0.468. The summed E-state index contributed by atoms with van der Waals surface area (Å²) in [6, 6.07) is 1.30. The van der Waals surface area contributed by atoms with Gasteiger partial charge in [-0.3, -0.25) is 0 Å². The Kier molecular flexibility index (Phi) is 1.47. The van der Waals surface area contributed by atoms with Gasteiger partial charge in [0.25, 0.3) is 0 Å². The molecule has 0 radical (unpaired) electrons. The number of nitrogens with zero attached hydrogens (tertiary/aromatic N) is 3. The first-order valence-electron chi connectivity index (χ1n) is 4.98. The molecule has 13 heavy (non-hydrogen) atoms. The van der Waals surface area contributed by atoms with Crippen molar-refractivity contribution in [3.05, 3.63) is 11.4 Å². The summed E-state index contributed by atoms with van der Waals surface area (Å²) >= 11 is 0. The minimum absolute atomic E-state index is 0.632. The highest BCUT2D eigenvalue weighted by Gasteiger charge is 2.30. The van der Waals surface area contributed by atoms with Gasteiger partial charge in [-0.15, -0.1) is 5.10 Å². The first kappa shape index (κ1) is 7.50. The van der Waals surface area contributed by atoms with Crippen molar-refractivity contribution in [2.45, 2.75) is 44.8 Å². The van der Waals surface area contributed by atoms with Crippen molar-refractivity contribution < 1.29 is 0 Å². The third kappa shape index (κ3) is 1.09. The van der Waals surface area contributed by atoms with Crippen LogP contribution in [0.1, 0.15) is 24.2 Å². The zero-order chi connectivity index (χ0) is 8.84. The van der Waals surface area contributed by atoms with Crippen LogP contribution >= 0.6 is 0 Å². The molecule has 2 atom stereocenters. The highest BCUT2D eigenvalue weighted by Crippen LogP contribution is 2.22. The van der Waals surface area contributed by atoms with Gasteiger partial charge in [0.2, 0.25) is 0 Å². The molecule has 1 aromatic heterocycles. The molecule has 2 aliphatic rings. The molecule has 2 bridgehead atoms. The van der Waals surface area contributed by atoms with Crippen LogP contribution in [0.2, 0.25) is 0 Å². The van der Waals surface area contributed by atoms with E-state index in [0.29, 0.717) is 12.1 Å². The third-order valence-electron chi connectivity index (χ3n) is 3.20. The zero-order valence-electron chi connectivity index (χ0n) is 7.82. The van der Waals surface area contributed by atoms with Crippen LogP contribution in [0.25, 0.3) is 0 Å². The Morgan fingerprint density at radius 3 is 3.15 bits per heavy atom. The lowest BCUT2D eigenvalue weighted by atomic mass is 10.1. The predicted molar refractivity (Wildman–Crippen MR) is 48.4 cm³/mol. The fourth-order valence-corrected chi connectivity index (χ4v) is 2.47. The molecular formula is C9H14N4. The summed E-state index contributed by atoms with van der Waals surface area (Å²) in [7, 11) is 0. The second-order valence-corrected chi connectivity index (χ2v) is 4.15. The normalized spacial score (nSPS) is 31.5. The van der Waals surface area contributed by atoms with Gasteiger partial charge < -0.3 is 5.32 Å². The molecule has 1 fully saturated rings. The van der Waals surface area contributed by atoms with E-state index in [-0.39, 0.29) is 0 Å². The summed E-state index contributed by atoms with van der Waals surface area (Å²) in [5, 5.41) is 11.9. The van der Waals surface area contributed by atoms with Crippen molar-refractivity contribution in [3.8, 4) is 0 Å². The SMILES string of the molecule is Cc1nnn2c1CC1CCC(C2)N1. The fraction of sp³-hybridized carbons (Fsp3) is 0.778. The van der Waals surface area contributed by atoms with Crippen molar-refractivity contribution >= 4 is 0 Å². The van der Waals surface area contributed by atoms with Crippen LogP contribution in [0.4, 0.5) is 0 Å². The molecule has 3 heterocycles. The monoisotopic (exact) mass is 178 g/mol. The summed E-state index contributed by atoms with van der Waals surface area (Å²) in [5.41, 5.74) is 2.44. The minimum Gasteiger partial charge on any atom is -0.309 e. The highest BCUT2D eigenvalue weighted by atomic mass is 15.4. The van der Waals surface area contributed by atoms with Crippen LogP contribution in [0.15, 0.2) is 0 Å². The first-order valence-corrected chi connectivity index (χ1v) is 4.98. The molecule has 70 valence electrons. The molecule has 4 heteroatoms. The molecular weight excluding hydrogens is 164 g/mol. The quantitative estimate of drug-likeness (QED) is 0.620. The van der Waals surface area contributed by atoms with Gasteiger partial charge >= 0.3 is 0 Å². The maximum absolute atomic E-state index is 4.16. The van der Waals surface area contributed by atoms with E-state index < -0.39 is 0 Å². The smallest absolute Gasteiger partial charge is 0.0828 e. The molecule has 1 N–H and O–H groups in total. The molecule has 0 spiro atoms. The second-order valence-electron chi connectivity index (χ2n) is 4.15. The molecule has 1 saturated heterocycles. The first-order chi connectivity index (χ1) is 6.33. The summed E-state index contributed by atoms with van der Waals surface area (Å²) in [6.07, 6.45) is 3.72. The van der Waals surface area contributed by atoms with E-state index in [0.717, 1.165) is 18.7 Å². The summed E-state index contributed by atoms with van der Waals surface area (Å²) in [6.45, 7) is 3.06. The Hall–Kier alpha value is -0.900. The Labute approximate surface area is 77.3 Å². The number of aryl methyl sites for hydroxylation is 1. The molecule has 2 aliphatic heterocycles. The Morgan fingerprint density at radius 2 is 2.23 bits per heavy atom. The second kappa shape index (κ2) is 2.54. The van der Waals surface area contributed by atoms with Crippen LogP contribution < -0.4 is 5.32 Å². The van der Waals surface area contributed by atoms with Gasteiger partial charge in [-0.05, 0) is 19.8 Å². The van der Waals surface area contributed by atoms with Crippen LogP contribution in [0, 0.1) is 6.92 Å². The van der Waals surface area contributed by atoms with Gasteiger partial charge in [0, 0.05) is 18.5 Å². The van der Waals surface area contributed by atoms with Crippen molar-refractivity contribution in [2.75, 3.05) is 0 Å². The molecule has 2 unspecified atom stereocenters. The molecule has 0 aromatic carbocycles. The number of fused-ring (bicyclic) bond motifs is 3. The van der Waals surface area contributed by atoms with Gasteiger partial charge in [-0.1, -0.05) is 5.21 Å². The van der Waals surface area contributed by atoms with Crippen molar-refractivity contribution in [3.63, 3.8) is 0 Å². The predicted octanol–water partition coefficient (Wildman–Crippen LogP) is 0.263. The van der Waals surface area contributed by atoms with Crippen LogP contribution in [-0.2, 0) is 13.0 Å². The van der Waals surface area contributed by atoms with Crippen molar-refractivity contribution in [1.29, 1.82) is 0 Å². The van der Waals surface area contributed by atoms with Crippen LogP contribution in [-0.4, -0.2) is 27.1 Å². The average molecular weight is 178 g/mol. The molecule has 0 saturated carbocycles. The zero-order valence-corrected chi connectivity index (χ0v) is 7.82. The lowest BCUT2D eigenvalue weighted by Crippen LogP contribution is -2.30. The summed E-state index contributed by atoms with van der Waals surface area (Å²) in [4.78, 5) is 0. The highest BCUT2D eigenvalue weighted by molar-refractivity contribution is 5.12. The van der Waals surface area contributed by atoms with E-state index >= 15 is 0 Å². The number of hydrogen-bond acceptors (Lipinski definition) is 3. The van der Waals surface area contributed by atoms with E-state index in [9.17, 15) is 0 Å². The van der Waals surface area contributed by atoms with E-state index in [1.807, 2.05) is 0 Å². The Balaban J connectivity index is 2.03. The number of aromatic nitrogens is 3. The van der Waals surface area contributed by atoms with Crippen molar-refractivity contribution in [2.24, 2.45) is 0 Å². The van der Waals surface area contributed by atoms with E-state index in [4.69, 9.17) is 0 Å².